The number of amides is 1. The Morgan fingerprint density at radius 2 is 1.20 bits per heavy atom. The van der Waals surface area contributed by atoms with E-state index in [-0.39, 0.29) is 48.4 Å². The van der Waals surface area contributed by atoms with Gasteiger partial charge in [-0.05, 0) is 32.6 Å². The molecule has 0 aliphatic heterocycles. The molecule has 0 spiro atoms. The van der Waals surface area contributed by atoms with Gasteiger partial charge in [-0.1, -0.05) is 97.3 Å². The number of rotatable bonds is 29. The Bertz CT molecular complexity index is 720. The molecular weight excluding hydrogens is 506 g/mol. The van der Waals surface area contributed by atoms with Crippen LogP contribution in [0.3, 0.4) is 0 Å². The molecule has 232 valence electrons. The lowest BCUT2D eigenvalue weighted by molar-refractivity contribution is -0.144. The number of carboxylic acid groups (broad SMARTS) is 1. The van der Waals surface area contributed by atoms with Crippen molar-refractivity contribution in [1.29, 1.82) is 0 Å². The number of aliphatic carboxylic acids is 1. The number of hydrogen-bond acceptors (Lipinski definition) is 5. The van der Waals surface area contributed by atoms with Gasteiger partial charge in [0.25, 0.3) is 0 Å². The molecule has 0 aliphatic carbocycles. The van der Waals surface area contributed by atoms with Gasteiger partial charge < -0.3 is 15.2 Å². The third-order valence-corrected chi connectivity index (χ3v) is 7.76. The molecular formula is C33H59NO6. The number of Topliss-reactive ketones (excluding diaryl/α,β-unsaturated/α-hetero) is 3. The molecule has 40 heavy (non-hydrogen) atoms. The number of unbranched alkanes of at least 4 members (excludes halogenated alkanes) is 13. The third kappa shape index (κ3) is 23.8. The Kier molecular flexibility index (Phi) is 24.6. The fraction of sp³-hybridized carbons (Fsp3) is 0.848. The maximum Gasteiger partial charge on any atom is 0.306 e. The minimum absolute atomic E-state index is 0.00356. The molecule has 0 aromatic rings. The van der Waals surface area contributed by atoms with Crippen LogP contribution in [-0.4, -0.2) is 40.9 Å². The van der Waals surface area contributed by atoms with E-state index in [2.05, 4.69) is 12.2 Å². The van der Waals surface area contributed by atoms with Crippen LogP contribution in [-0.2, 0) is 24.0 Å². The summed E-state index contributed by atoms with van der Waals surface area (Å²) in [6, 6.07) is 0. The minimum atomic E-state index is -1.02. The fourth-order valence-corrected chi connectivity index (χ4v) is 4.93. The van der Waals surface area contributed by atoms with Crippen LogP contribution in [0.4, 0.5) is 0 Å². The van der Waals surface area contributed by atoms with E-state index in [4.69, 9.17) is 0 Å². The van der Waals surface area contributed by atoms with E-state index in [1.165, 1.54) is 71.1 Å². The summed E-state index contributed by atoms with van der Waals surface area (Å²) in [5.74, 6) is -2.04. The smallest absolute Gasteiger partial charge is 0.306 e. The molecule has 0 fully saturated rings. The van der Waals surface area contributed by atoms with E-state index >= 15 is 0 Å². The van der Waals surface area contributed by atoms with Crippen molar-refractivity contribution in [2.45, 2.75) is 162 Å². The standard InChI is InChI=1S/C33H59NO6/c1-4-5-6-7-8-9-10-11-12-13-14-15-16-20-30(36)26-29(33(39)40)22-24-32(38)34-25-18-17-19-27(2)31(37)23-21-28(3)35/h27,29H,4-26H2,1-3H3,(H,34,38)(H,39,40)/t27-,29+/m0/s1. The van der Waals surface area contributed by atoms with Crippen molar-refractivity contribution < 1.29 is 29.1 Å². The largest absolute Gasteiger partial charge is 0.481 e. The van der Waals surface area contributed by atoms with Crippen LogP contribution >= 0.6 is 0 Å². The van der Waals surface area contributed by atoms with E-state index in [9.17, 15) is 29.1 Å². The van der Waals surface area contributed by atoms with Crippen LogP contribution in [0.1, 0.15) is 162 Å². The average Bonchev–Trinajstić information content (AvgIpc) is 2.91. The van der Waals surface area contributed by atoms with Gasteiger partial charge in [-0.3, -0.25) is 19.2 Å². The van der Waals surface area contributed by atoms with Gasteiger partial charge in [-0.15, -0.1) is 0 Å². The Morgan fingerprint density at radius 1 is 0.650 bits per heavy atom. The molecule has 0 aromatic heterocycles. The van der Waals surface area contributed by atoms with Gasteiger partial charge in [0.05, 0.1) is 5.92 Å². The summed E-state index contributed by atoms with van der Waals surface area (Å²) in [4.78, 5) is 59.1. The predicted molar refractivity (Wildman–Crippen MR) is 161 cm³/mol. The monoisotopic (exact) mass is 565 g/mol. The number of carbonyl (C=O) groups excluding carboxylic acids is 4. The molecule has 2 atom stereocenters. The summed E-state index contributed by atoms with van der Waals surface area (Å²) in [6.45, 7) is 6.07. The molecule has 7 nitrogen and oxygen atoms in total. The highest BCUT2D eigenvalue weighted by Gasteiger charge is 2.22. The normalized spacial score (nSPS) is 12.6. The summed E-state index contributed by atoms with van der Waals surface area (Å²) >= 11 is 0. The highest BCUT2D eigenvalue weighted by molar-refractivity contribution is 5.86. The van der Waals surface area contributed by atoms with Crippen molar-refractivity contribution in [3.63, 3.8) is 0 Å². The molecule has 0 bridgehead atoms. The van der Waals surface area contributed by atoms with Gasteiger partial charge in [0.1, 0.15) is 17.3 Å². The minimum Gasteiger partial charge on any atom is -0.481 e. The summed E-state index contributed by atoms with van der Waals surface area (Å²) < 4.78 is 0. The van der Waals surface area contributed by atoms with Gasteiger partial charge in [-0.25, -0.2) is 0 Å². The van der Waals surface area contributed by atoms with Gasteiger partial charge in [0.2, 0.25) is 5.91 Å². The van der Waals surface area contributed by atoms with Crippen LogP contribution in [0.5, 0.6) is 0 Å². The van der Waals surface area contributed by atoms with Gasteiger partial charge in [0, 0.05) is 44.6 Å². The quantitative estimate of drug-likeness (QED) is 0.0895. The topological polar surface area (TPSA) is 118 Å². The summed E-state index contributed by atoms with van der Waals surface area (Å²) in [6.07, 6.45) is 19.6. The first-order chi connectivity index (χ1) is 19.2. The number of hydrogen-bond donors (Lipinski definition) is 2. The first-order valence-electron chi connectivity index (χ1n) is 16.2. The van der Waals surface area contributed by atoms with Crippen molar-refractivity contribution in [1.82, 2.24) is 5.32 Å². The number of nitrogens with one attached hydrogen (secondary N) is 1. The summed E-state index contributed by atoms with van der Waals surface area (Å²) in [5.41, 5.74) is 0. The third-order valence-electron chi connectivity index (χ3n) is 7.76. The molecule has 0 aliphatic rings. The van der Waals surface area contributed by atoms with E-state index in [1.54, 1.807) is 0 Å². The van der Waals surface area contributed by atoms with Gasteiger partial charge in [-0.2, -0.15) is 0 Å². The van der Waals surface area contributed by atoms with Crippen LogP contribution in [0.15, 0.2) is 0 Å². The van der Waals surface area contributed by atoms with E-state index in [0.29, 0.717) is 25.8 Å². The lowest BCUT2D eigenvalue weighted by Gasteiger charge is -2.12. The van der Waals surface area contributed by atoms with Gasteiger partial charge in [0.15, 0.2) is 0 Å². The second-order valence-electron chi connectivity index (χ2n) is 11.7. The predicted octanol–water partition coefficient (Wildman–Crippen LogP) is 7.77. The summed E-state index contributed by atoms with van der Waals surface area (Å²) in [7, 11) is 0. The maximum atomic E-state index is 12.3. The second-order valence-corrected chi connectivity index (χ2v) is 11.7. The second kappa shape index (κ2) is 25.9. The van der Waals surface area contributed by atoms with Gasteiger partial charge >= 0.3 is 5.97 Å². The first-order valence-corrected chi connectivity index (χ1v) is 16.2. The van der Waals surface area contributed by atoms with E-state index in [0.717, 1.165) is 38.5 Å². The lowest BCUT2D eigenvalue weighted by atomic mass is 9.94. The Hall–Kier alpha value is -2.05. The molecule has 0 aromatic carbocycles. The van der Waals surface area contributed by atoms with E-state index < -0.39 is 11.9 Å². The summed E-state index contributed by atoms with van der Waals surface area (Å²) in [5, 5.41) is 12.3. The first kappa shape index (κ1) is 38.0. The van der Waals surface area contributed by atoms with Crippen molar-refractivity contribution in [3.8, 4) is 0 Å². The number of ketones is 3. The molecule has 0 saturated heterocycles. The Balaban J connectivity index is 3.85. The molecule has 0 rings (SSSR count). The van der Waals surface area contributed by atoms with Crippen molar-refractivity contribution >= 4 is 29.2 Å². The zero-order chi connectivity index (χ0) is 30.0. The molecule has 0 heterocycles. The molecule has 0 unspecified atom stereocenters. The molecule has 0 saturated carbocycles. The van der Waals surface area contributed by atoms with Crippen LogP contribution in [0, 0.1) is 11.8 Å². The average molecular weight is 566 g/mol. The Morgan fingerprint density at radius 3 is 1.73 bits per heavy atom. The Labute approximate surface area is 244 Å². The molecule has 2 N–H and O–H groups in total. The number of carboxylic acids is 1. The van der Waals surface area contributed by atoms with E-state index in [1.807, 2.05) is 6.92 Å². The zero-order valence-electron chi connectivity index (χ0n) is 25.9. The van der Waals surface area contributed by atoms with Crippen LogP contribution in [0.2, 0.25) is 0 Å². The lowest BCUT2D eigenvalue weighted by Crippen LogP contribution is -2.26. The highest BCUT2D eigenvalue weighted by Crippen LogP contribution is 2.17. The van der Waals surface area contributed by atoms with Crippen LogP contribution in [0.25, 0.3) is 0 Å². The maximum absolute atomic E-state index is 12.3. The molecule has 0 radical (unpaired) electrons. The highest BCUT2D eigenvalue weighted by atomic mass is 16.4. The SMILES string of the molecule is CCCCCCCCCCCCCCCC(=O)C[C@@H](CCC(=O)NCCCC[C@H](C)C(=O)CCC(C)=O)C(=O)O. The van der Waals surface area contributed by atoms with Crippen molar-refractivity contribution in [2.75, 3.05) is 6.54 Å². The molecule has 1 amide bonds. The fourth-order valence-electron chi connectivity index (χ4n) is 4.93. The van der Waals surface area contributed by atoms with Crippen LogP contribution < -0.4 is 5.32 Å². The van der Waals surface area contributed by atoms with Crippen molar-refractivity contribution in [2.24, 2.45) is 11.8 Å². The van der Waals surface area contributed by atoms with Crippen molar-refractivity contribution in [3.05, 3.63) is 0 Å². The molecule has 7 heteroatoms. The zero-order valence-corrected chi connectivity index (χ0v) is 25.9. The number of carbonyl (C=O) groups is 5.